The number of aryl methyl sites for hydroxylation is 1. The fourth-order valence-electron chi connectivity index (χ4n) is 1.70. The van der Waals surface area contributed by atoms with Crippen LogP contribution in [0.1, 0.15) is 11.3 Å². The van der Waals surface area contributed by atoms with Crippen LogP contribution in [0.25, 0.3) is 0 Å². The van der Waals surface area contributed by atoms with Crippen LogP contribution in [0.3, 0.4) is 0 Å². The molecule has 0 radical (unpaired) electrons. The topological polar surface area (TPSA) is 144 Å². The van der Waals surface area contributed by atoms with Gasteiger partial charge in [-0.05, 0) is 13.0 Å². The lowest BCUT2D eigenvalue weighted by atomic mass is 10.3. The molecule has 2 aromatic rings. The largest absolute Gasteiger partial charge is 0.397 e. The third-order valence-electron chi connectivity index (χ3n) is 2.88. The average Bonchev–Trinajstić information content (AvgIpc) is 2.81. The zero-order valence-electron chi connectivity index (χ0n) is 11.0. The molecule has 1 aromatic heterocycles. The molecule has 0 unspecified atom stereocenters. The molecule has 0 fully saturated rings. The second-order valence-corrected chi connectivity index (χ2v) is 6.06. The molecule has 0 saturated heterocycles. The van der Waals surface area contributed by atoms with Crippen molar-refractivity contribution in [3.05, 3.63) is 45.8 Å². The number of rotatable bonds is 5. The molecular formula is C11H13N5O4S. The summed E-state index contributed by atoms with van der Waals surface area (Å²) >= 11 is 0. The maximum atomic E-state index is 12.1. The fourth-order valence-corrected chi connectivity index (χ4v) is 2.82. The highest BCUT2D eigenvalue weighted by Gasteiger charge is 2.20. The van der Waals surface area contributed by atoms with E-state index in [4.69, 9.17) is 5.73 Å². The molecule has 0 bridgehead atoms. The van der Waals surface area contributed by atoms with E-state index in [1.165, 1.54) is 6.20 Å². The summed E-state index contributed by atoms with van der Waals surface area (Å²) in [6, 6.07) is 3.21. The number of H-pyrrole nitrogens is 1. The van der Waals surface area contributed by atoms with Crippen LogP contribution in [-0.2, 0) is 16.6 Å². The van der Waals surface area contributed by atoms with E-state index in [0.717, 1.165) is 23.9 Å². The lowest BCUT2D eigenvalue weighted by Gasteiger charge is -2.08. The van der Waals surface area contributed by atoms with Gasteiger partial charge < -0.3 is 5.73 Å². The number of nitrogen functional groups attached to an aromatic ring is 1. The molecule has 0 amide bonds. The number of nitrogens with two attached hydrogens (primary N) is 1. The van der Waals surface area contributed by atoms with E-state index >= 15 is 0 Å². The van der Waals surface area contributed by atoms with Gasteiger partial charge in [-0.15, -0.1) is 0 Å². The summed E-state index contributed by atoms with van der Waals surface area (Å²) in [5.74, 6) is 0. The molecule has 21 heavy (non-hydrogen) atoms. The Balaban J connectivity index is 2.23. The fraction of sp³-hybridized carbons (Fsp3) is 0.182. The number of sulfonamides is 1. The standard InChI is InChI=1S/C11H13N5O4S/c1-7-8(5-13-15-7)6-14-21(19,20)11-3-2-9(16(17)18)4-10(11)12/h2-5,14H,6,12H2,1H3,(H,13,15). The molecular weight excluding hydrogens is 298 g/mol. The Morgan fingerprint density at radius 3 is 2.71 bits per heavy atom. The van der Waals surface area contributed by atoms with Crippen molar-refractivity contribution in [2.75, 3.05) is 5.73 Å². The Labute approximate surface area is 120 Å². The summed E-state index contributed by atoms with van der Waals surface area (Å²) < 4.78 is 26.7. The van der Waals surface area contributed by atoms with Crippen molar-refractivity contribution < 1.29 is 13.3 Å². The van der Waals surface area contributed by atoms with Gasteiger partial charge in [0.25, 0.3) is 5.69 Å². The molecule has 10 heteroatoms. The summed E-state index contributed by atoms with van der Waals surface area (Å²) in [6.45, 7) is 1.80. The number of aromatic amines is 1. The van der Waals surface area contributed by atoms with Gasteiger partial charge in [0.05, 0.1) is 16.8 Å². The number of benzene rings is 1. The molecule has 0 atom stereocenters. The van der Waals surface area contributed by atoms with E-state index in [1.807, 2.05) is 0 Å². The molecule has 0 aliphatic heterocycles. The summed E-state index contributed by atoms with van der Waals surface area (Å²) in [6.07, 6.45) is 1.51. The molecule has 0 aliphatic rings. The van der Waals surface area contributed by atoms with Crippen molar-refractivity contribution in [1.29, 1.82) is 0 Å². The first-order chi connectivity index (χ1) is 9.81. The van der Waals surface area contributed by atoms with Crippen LogP contribution in [-0.4, -0.2) is 23.5 Å². The summed E-state index contributed by atoms with van der Waals surface area (Å²) in [7, 11) is -3.87. The summed E-state index contributed by atoms with van der Waals surface area (Å²) in [4.78, 5) is 9.76. The quantitative estimate of drug-likeness (QED) is 0.421. The smallest absolute Gasteiger partial charge is 0.271 e. The number of nitrogens with one attached hydrogen (secondary N) is 2. The number of nitro benzene ring substituents is 1. The Morgan fingerprint density at radius 2 is 2.19 bits per heavy atom. The molecule has 1 aromatic carbocycles. The Kier molecular flexibility index (Phi) is 3.91. The Bertz CT molecular complexity index is 784. The van der Waals surface area contributed by atoms with E-state index in [9.17, 15) is 18.5 Å². The average molecular weight is 311 g/mol. The lowest BCUT2D eigenvalue weighted by molar-refractivity contribution is -0.384. The van der Waals surface area contributed by atoms with Gasteiger partial charge in [-0.25, -0.2) is 13.1 Å². The van der Waals surface area contributed by atoms with E-state index in [1.54, 1.807) is 6.92 Å². The van der Waals surface area contributed by atoms with Crippen LogP contribution in [0, 0.1) is 17.0 Å². The predicted molar refractivity (Wildman–Crippen MR) is 74.9 cm³/mol. The van der Waals surface area contributed by atoms with Crippen LogP contribution in [0.5, 0.6) is 0 Å². The number of nitrogens with zero attached hydrogens (tertiary/aromatic N) is 2. The maximum absolute atomic E-state index is 12.1. The third-order valence-corrected chi connectivity index (χ3v) is 4.36. The molecule has 2 rings (SSSR count). The minimum absolute atomic E-state index is 0.0428. The van der Waals surface area contributed by atoms with Crippen molar-refractivity contribution >= 4 is 21.4 Å². The minimum atomic E-state index is -3.87. The van der Waals surface area contributed by atoms with Crippen molar-refractivity contribution in [1.82, 2.24) is 14.9 Å². The molecule has 4 N–H and O–H groups in total. The Hall–Kier alpha value is -2.46. The minimum Gasteiger partial charge on any atom is -0.397 e. The van der Waals surface area contributed by atoms with Gasteiger partial charge >= 0.3 is 0 Å². The number of aromatic nitrogens is 2. The van der Waals surface area contributed by atoms with Crippen LogP contribution in [0.2, 0.25) is 0 Å². The first kappa shape index (κ1) is 14.9. The van der Waals surface area contributed by atoms with Gasteiger partial charge in [0, 0.05) is 29.9 Å². The molecule has 0 saturated carbocycles. The number of nitro groups is 1. The lowest BCUT2D eigenvalue weighted by Crippen LogP contribution is -2.24. The number of hydrogen-bond acceptors (Lipinski definition) is 6. The van der Waals surface area contributed by atoms with Crippen molar-refractivity contribution in [2.24, 2.45) is 0 Å². The SMILES string of the molecule is Cc1[nH]ncc1CNS(=O)(=O)c1ccc([N+](=O)[O-])cc1N. The highest BCUT2D eigenvalue weighted by Crippen LogP contribution is 2.23. The van der Waals surface area contributed by atoms with Gasteiger partial charge in [-0.3, -0.25) is 15.2 Å². The number of non-ortho nitro benzene ring substituents is 1. The van der Waals surface area contributed by atoms with Gasteiger partial charge in [-0.2, -0.15) is 5.10 Å². The second kappa shape index (κ2) is 5.50. The monoisotopic (exact) mass is 311 g/mol. The number of hydrogen-bond donors (Lipinski definition) is 3. The van der Waals surface area contributed by atoms with Crippen LogP contribution < -0.4 is 10.5 Å². The van der Waals surface area contributed by atoms with Gasteiger partial charge in [0.1, 0.15) is 4.90 Å². The van der Waals surface area contributed by atoms with Gasteiger partial charge in [-0.1, -0.05) is 0 Å². The summed E-state index contributed by atoms with van der Waals surface area (Å²) in [5.41, 5.74) is 6.57. The highest BCUT2D eigenvalue weighted by atomic mass is 32.2. The molecule has 0 aliphatic carbocycles. The highest BCUT2D eigenvalue weighted by molar-refractivity contribution is 7.89. The first-order valence-electron chi connectivity index (χ1n) is 5.83. The second-order valence-electron chi connectivity index (χ2n) is 4.32. The normalized spacial score (nSPS) is 11.5. The van der Waals surface area contributed by atoms with Gasteiger partial charge in [0.2, 0.25) is 10.0 Å². The summed E-state index contributed by atoms with van der Waals surface area (Å²) in [5, 5.41) is 17.1. The molecule has 9 nitrogen and oxygen atoms in total. The molecule has 112 valence electrons. The Morgan fingerprint density at radius 1 is 1.48 bits per heavy atom. The van der Waals surface area contributed by atoms with Crippen molar-refractivity contribution in [2.45, 2.75) is 18.4 Å². The van der Waals surface area contributed by atoms with Crippen LogP contribution in [0.4, 0.5) is 11.4 Å². The molecule has 1 heterocycles. The number of anilines is 1. The van der Waals surface area contributed by atoms with Crippen molar-refractivity contribution in [3.63, 3.8) is 0 Å². The maximum Gasteiger partial charge on any atom is 0.271 e. The van der Waals surface area contributed by atoms with E-state index < -0.39 is 14.9 Å². The van der Waals surface area contributed by atoms with E-state index in [-0.39, 0.29) is 22.8 Å². The van der Waals surface area contributed by atoms with Crippen molar-refractivity contribution in [3.8, 4) is 0 Å². The van der Waals surface area contributed by atoms with E-state index in [2.05, 4.69) is 14.9 Å². The third kappa shape index (κ3) is 3.17. The van der Waals surface area contributed by atoms with Crippen LogP contribution >= 0.6 is 0 Å². The van der Waals surface area contributed by atoms with Gasteiger partial charge in [0.15, 0.2) is 0 Å². The van der Waals surface area contributed by atoms with Crippen LogP contribution in [0.15, 0.2) is 29.3 Å². The zero-order valence-corrected chi connectivity index (χ0v) is 11.8. The van der Waals surface area contributed by atoms with E-state index in [0.29, 0.717) is 5.56 Å². The first-order valence-corrected chi connectivity index (χ1v) is 7.32. The molecule has 0 spiro atoms. The predicted octanol–water partition coefficient (Wildman–Crippen LogP) is 0.687. The zero-order chi connectivity index (χ0) is 15.6.